The molecular weight excluding hydrogens is 358 g/mol. The van der Waals surface area contributed by atoms with Crippen LogP contribution >= 0.6 is 15.9 Å². The lowest BCUT2D eigenvalue weighted by Crippen LogP contribution is -2.22. The van der Waals surface area contributed by atoms with Crippen LogP contribution in [0, 0.1) is 0 Å². The first-order valence-corrected chi connectivity index (χ1v) is 8.16. The van der Waals surface area contributed by atoms with Gasteiger partial charge in [0.1, 0.15) is 0 Å². The summed E-state index contributed by atoms with van der Waals surface area (Å²) in [4.78, 5) is 12.1. The number of amides is 1. The van der Waals surface area contributed by atoms with Gasteiger partial charge in [0.25, 0.3) is 5.91 Å². The summed E-state index contributed by atoms with van der Waals surface area (Å²) in [6, 6.07) is 12.9. The third-order valence-corrected chi connectivity index (χ3v) is 3.68. The molecular formula is C18H20BrNO3. The Morgan fingerprint density at radius 1 is 1.13 bits per heavy atom. The van der Waals surface area contributed by atoms with Gasteiger partial charge in [-0.2, -0.15) is 0 Å². The van der Waals surface area contributed by atoms with Crippen LogP contribution in [-0.4, -0.2) is 19.1 Å². The van der Waals surface area contributed by atoms with Crippen molar-refractivity contribution in [3.05, 3.63) is 58.1 Å². The molecule has 0 heterocycles. The van der Waals surface area contributed by atoms with Crippen molar-refractivity contribution in [1.29, 1.82) is 0 Å². The molecule has 0 atom stereocenters. The van der Waals surface area contributed by atoms with E-state index in [0.29, 0.717) is 23.6 Å². The summed E-state index contributed by atoms with van der Waals surface area (Å²) in [6.07, 6.45) is 0.0758. The van der Waals surface area contributed by atoms with Gasteiger partial charge in [-0.1, -0.05) is 22.0 Å². The number of carbonyl (C=O) groups excluding carboxylic acids is 1. The van der Waals surface area contributed by atoms with Crippen molar-refractivity contribution in [2.24, 2.45) is 0 Å². The minimum absolute atomic E-state index is 0.0758. The summed E-state index contributed by atoms with van der Waals surface area (Å²) in [5, 5.41) is 2.90. The van der Waals surface area contributed by atoms with E-state index in [4.69, 9.17) is 9.47 Å². The van der Waals surface area contributed by atoms with Gasteiger partial charge in [0.15, 0.2) is 11.5 Å². The molecule has 0 fully saturated rings. The normalized spacial score (nSPS) is 10.5. The standard InChI is InChI=1S/C18H20BrNO3/c1-12(2)23-16-9-4-13(10-17(16)22-3)11-20-18(21)14-5-7-15(19)8-6-14/h4-10,12H,11H2,1-3H3,(H,20,21). The maximum absolute atomic E-state index is 12.1. The molecule has 1 N–H and O–H groups in total. The first kappa shape index (κ1) is 17.3. The summed E-state index contributed by atoms with van der Waals surface area (Å²) in [5.74, 6) is 1.25. The molecule has 0 aliphatic rings. The highest BCUT2D eigenvalue weighted by molar-refractivity contribution is 9.10. The van der Waals surface area contributed by atoms with Gasteiger partial charge in [0, 0.05) is 16.6 Å². The molecule has 0 saturated carbocycles. The van der Waals surface area contributed by atoms with Crippen LogP contribution in [0.5, 0.6) is 11.5 Å². The minimum atomic E-state index is -0.112. The van der Waals surface area contributed by atoms with E-state index < -0.39 is 0 Å². The summed E-state index contributed by atoms with van der Waals surface area (Å²) in [7, 11) is 1.60. The van der Waals surface area contributed by atoms with E-state index in [1.54, 1.807) is 19.2 Å². The molecule has 0 spiro atoms. The van der Waals surface area contributed by atoms with Crippen LogP contribution in [0.1, 0.15) is 29.8 Å². The number of carbonyl (C=O) groups is 1. The van der Waals surface area contributed by atoms with Gasteiger partial charge < -0.3 is 14.8 Å². The molecule has 4 nitrogen and oxygen atoms in total. The average Bonchev–Trinajstić information content (AvgIpc) is 2.53. The van der Waals surface area contributed by atoms with Gasteiger partial charge in [-0.25, -0.2) is 0 Å². The molecule has 0 saturated heterocycles. The van der Waals surface area contributed by atoms with Crippen LogP contribution < -0.4 is 14.8 Å². The summed E-state index contributed by atoms with van der Waals surface area (Å²) < 4.78 is 12.0. The molecule has 23 heavy (non-hydrogen) atoms. The van der Waals surface area contributed by atoms with Crippen molar-refractivity contribution in [2.45, 2.75) is 26.5 Å². The van der Waals surface area contributed by atoms with Crippen molar-refractivity contribution in [3.63, 3.8) is 0 Å². The fraction of sp³-hybridized carbons (Fsp3) is 0.278. The van der Waals surface area contributed by atoms with E-state index in [1.807, 2.05) is 44.2 Å². The number of ether oxygens (including phenoxy) is 2. The van der Waals surface area contributed by atoms with Gasteiger partial charge in [-0.05, 0) is 55.8 Å². The summed E-state index contributed by atoms with van der Waals surface area (Å²) >= 11 is 3.35. The van der Waals surface area contributed by atoms with E-state index in [9.17, 15) is 4.79 Å². The zero-order valence-electron chi connectivity index (χ0n) is 13.4. The van der Waals surface area contributed by atoms with Gasteiger partial charge in [-0.3, -0.25) is 4.79 Å². The molecule has 0 radical (unpaired) electrons. The molecule has 0 aliphatic carbocycles. The number of halogens is 1. The molecule has 5 heteroatoms. The largest absolute Gasteiger partial charge is 0.493 e. The number of benzene rings is 2. The van der Waals surface area contributed by atoms with Crippen molar-refractivity contribution in [2.75, 3.05) is 7.11 Å². The Morgan fingerprint density at radius 2 is 1.83 bits per heavy atom. The molecule has 2 rings (SSSR count). The Hall–Kier alpha value is -2.01. The number of rotatable bonds is 6. The highest BCUT2D eigenvalue weighted by Crippen LogP contribution is 2.28. The first-order chi connectivity index (χ1) is 11.0. The zero-order chi connectivity index (χ0) is 16.8. The second kappa shape index (κ2) is 8.02. The number of nitrogens with one attached hydrogen (secondary N) is 1. The molecule has 1 amide bonds. The third-order valence-electron chi connectivity index (χ3n) is 3.15. The Kier molecular flexibility index (Phi) is 6.04. The SMILES string of the molecule is COc1cc(CNC(=O)c2ccc(Br)cc2)ccc1OC(C)C. The fourth-order valence-corrected chi connectivity index (χ4v) is 2.32. The molecule has 122 valence electrons. The maximum Gasteiger partial charge on any atom is 0.251 e. The van der Waals surface area contributed by atoms with Crippen molar-refractivity contribution in [3.8, 4) is 11.5 Å². The van der Waals surface area contributed by atoms with E-state index in [1.165, 1.54) is 0 Å². The van der Waals surface area contributed by atoms with Crippen molar-refractivity contribution in [1.82, 2.24) is 5.32 Å². The Bertz CT molecular complexity index is 668. The monoisotopic (exact) mass is 377 g/mol. The Labute approximate surface area is 144 Å². The predicted molar refractivity (Wildman–Crippen MR) is 94.1 cm³/mol. The average molecular weight is 378 g/mol. The zero-order valence-corrected chi connectivity index (χ0v) is 15.0. The molecule has 2 aromatic carbocycles. The van der Waals surface area contributed by atoms with Crippen LogP contribution in [0.25, 0.3) is 0 Å². The summed E-state index contributed by atoms with van der Waals surface area (Å²) in [5.41, 5.74) is 1.57. The third kappa shape index (κ3) is 4.99. The minimum Gasteiger partial charge on any atom is -0.493 e. The van der Waals surface area contributed by atoms with E-state index in [-0.39, 0.29) is 12.0 Å². The summed E-state index contributed by atoms with van der Waals surface area (Å²) in [6.45, 7) is 4.35. The fourth-order valence-electron chi connectivity index (χ4n) is 2.06. The van der Waals surface area contributed by atoms with E-state index >= 15 is 0 Å². The number of methoxy groups -OCH3 is 1. The van der Waals surface area contributed by atoms with Crippen LogP contribution in [-0.2, 0) is 6.54 Å². The topological polar surface area (TPSA) is 47.6 Å². The second-order valence-electron chi connectivity index (χ2n) is 5.34. The smallest absolute Gasteiger partial charge is 0.251 e. The van der Waals surface area contributed by atoms with Gasteiger partial charge in [-0.15, -0.1) is 0 Å². The second-order valence-corrected chi connectivity index (χ2v) is 6.26. The number of hydrogen-bond acceptors (Lipinski definition) is 3. The molecule has 0 aliphatic heterocycles. The van der Waals surface area contributed by atoms with E-state index in [0.717, 1.165) is 10.0 Å². The van der Waals surface area contributed by atoms with Gasteiger partial charge >= 0.3 is 0 Å². The van der Waals surface area contributed by atoms with Crippen LogP contribution in [0.4, 0.5) is 0 Å². The van der Waals surface area contributed by atoms with Crippen molar-refractivity contribution >= 4 is 21.8 Å². The van der Waals surface area contributed by atoms with Gasteiger partial charge in [0.2, 0.25) is 0 Å². The highest BCUT2D eigenvalue weighted by Gasteiger charge is 2.09. The first-order valence-electron chi connectivity index (χ1n) is 7.37. The number of hydrogen-bond donors (Lipinski definition) is 1. The molecule has 0 aromatic heterocycles. The van der Waals surface area contributed by atoms with Crippen LogP contribution in [0.15, 0.2) is 46.9 Å². The maximum atomic E-state index is 12.1. The Balaban J connectivity index is 2.02. The Morgan fingerprint density at radius 3 is 2.43 bits per heavy atom. The van der Waals surface area contributed by atoms with Crippen LogP contribution in [0.2, 0.25) is 0 Å². The lowest BCUT2D eigenvalue weighted by Gasteiger charge is -2.14. The molecule has 2 aromatic rings. The highest BCUT2D eigenvalue weighted by atomic mass is 79.9. The lowest BCUT2D eigenvalue weighted by atomic mass is 10.1. The van der Waals surface area contributed by atoms with Crippen LogP contribution in [0.3, 0.4) is 0 Å². The van der Waals surface area contributed by atoms with Gasteiger partial charge in [0.05, 0.1) is 13.2 Å². The molecule has 0 unspecified atom stereocenters. The van der Waals surface area contributed by atoms with Crippen molar-refractivity contribution < 1.29 is 14.3 Å². The lowest BCUT2D eigenvalue weighted by molar-refractivity contribution is 0.0951. The quantitative estimate of drug-likeness (QED) is 0.821. The predicted octanol–water partition coefficient (Wildman–Crippen LogP) is 4.17. The molecule has 0 bridgehead atoms. The van der Waals surface area contributed by atoms with E-state index in [2.05, 4.69) is 21.2 Å².